The molecular weight excluding hydrogens is 255 g/mol. The summed E-state index contributed by atoms with van der Waals surface area (Å²) in [5.74, 6) is 0.961. The normalized spacial score (nSPS) is 27.4. The van der Waals surface area contributed by atoms with Crippen LogP contribution in [0.25, 0.3) is 0 Å². The van der Waals surface area contributed by atoms with Crippen molar-refractivity contribution in [1.82, 2.24) is 10.3 Å². The number of nitrogens with zero attached hydrogens (tertiary/aromatic N) is 2. The van der Waals surface area contributed by atoms with Gasteiger partial charge in [-0.05, 0) is 37.4 Å². The molecule has 1 aromatic heterocycles. The molecule has 3 nitrogen and oxygen atoms in total. The third-order valence-corrected chi connectivity index (χ3v) is 3.98. The van der Waals surface area contributed by atoms with Crippen LogP contribution in [0.5, 0.6) is 0 Å². The summed E-state index contributed by atoms with van der Waals surface area (Å²) < 4.78 is 38.2. The van der Waals surface area contributed by atoms with E-state index in [9.17, 15) is 13.2 Å². The third kappa shape index (κ3) is 2.54. The van der Waals surface area contributed by atoms with Gasteiger partial charge in [-0.3, -0.25) is 0 Å². The maximum atomic E-state index is 12.7. The maximum Gasteiger partial charge on any atom is 0.416 e. The number of hydrogen-bond donors (Lipinski definition) is 1. The van der Waals surface area contributed by atoms with Crippen molar-refractivity contribution in [1.29, 1.82) is 0 Å². The number of nitrogens with one attached hydrogen (secondary N) is 1. The number of rotatable bonds is 1. The van der Waals surface area contributed by atoms with Crippen LogP contribution in [-0.2, 0) is 6.18 Å². The Morgan fingerprint density at radius 3 is 2.89 bits per heavy atom. The first-order chi connectivity index (χ1) is 9.04. The van der Waals surface area contributed by atoms with Gasteiger partial charge in [-0.2, -0.15) is 13.2 Å². The molecule has 104 valence electrons. The molecule has 3 aliphatic rings. The van der Waals surface area contributed by atoms with E-state index >= 15 is 0 Å². The van der Waals surface area contributed by atoms with Gasteiger partial charge in [0.2, 0.25) is 0 Å². The Kier molecular flexibility index (Phi) is 3.12. The topological polar surface area (TPSA) is 28.2 Å². The van der Waals surface area contributed by atoms with Crippen molar-refractivity contribution in [2.24, 2.45) is 5.92 Å². The lowest BCUT2D eigenvalue weighted by Crippen LogP contribution is -2.44. The van der Waals surface area contributed by atoms with Crippen molar-refractivity contribution in [3.63, 3.8) is 0 Å². The zero-order chi connectivity index (χ0) is 13.5. The minimum Gasteiger partial charge on any atom is -0.352 e. The molecule has 19 heavy (non-hydrogen) atoms. The van der Waals surface area contributed by atoms with E-state index in [1.54, 1.807) is 0 Å². The molecule has 1 N–H and O–H groups in total. The van der Waals surface area contributed by atoms with Crippen LogP contribution in [0.15, 0.2) is 18.3 Å². The first-order valence-corrected chi connectivity index (χ1v) is 6.54. The molecule has 1 aromatic rings. The van der Waals surface area contributed by atoms with Crippen LogP contribution in [0.1, 0.15) is 18.4 Å². The van der Waals surface area contributed by atoms with Crippen molar-refractivity contribution in [3.05, 3.63) is 23.9 Å². The summed E-state index contributed by atoms with van der Waals surface area (Å²) in [4.78, 5) is 6.17. The number of halogens is 3. The molecule has 2 atom stereocenters. The van der Waals surface area contributed by atoms with Crippen LogP contribution >= 0.6 is 0 Å². The van der Waals surface area contributed by atoms with E-state index in [4.69, 9.17) is 0 Å². The second-order valence-corrected chi connectivity index (χ2v) is 5.31. The fourth-order valence-electron chi connectivity index (χ4n) is 2.97. The van der Waals surface area contributed by atoms with Gasteiger partial charge in [-0.1, -0.05) is 0 Å². The molecule has 6 heteroatoms. The van der Waals surface area contributed by atoms with Gasteiger partial charge in [-0.25, -0.2) is 4.98 Å². The molecule has 0 spiro atoms. The lowest BCUT2D eigenvalue weighted by atomic mass is 9.95. The molecule has 2 unspecified atom stereocenters. The Labute approximate surface area is 109 Å². The SMILES string of the molecule is FC(F)(F)c1ccnc(N2CC3CCC2CNC3)c1. The fraction of sp³-hybridized carbons (Fsp3) is 0.615. The maximum absolute atomic E-state index is 12.7. The van der Waals surface area contributed by atoms with Crippen LogP contribution in [0.3, 0.4) is 0 Å². The Bertz CT molecular complexity index is 457. The Balaban J connectivity index is 1.89. The van der Waals surface area contributed by atoms with E-state index in [0.717, 1.165) is 38.5 Å². The molecule has 0 aliphatic carbocycles. The second kappa shape index (κ2) is 4.67. The summed E-state index contributed by atoms with van der Waals surface area (Å²) in [5.41, 5.74) is -0.620. The average molecular weight is 271 g/mol. The zero-order valence-electron chi connectivity index (χ0n) is 10.5. The van der Waals surface area contributed by atoms with Crippen molar-refractivity contribution in [2.45, 2.75) is 25.1 Å². The largest absolute Gasteiger partial charge is 0.416 e. The lowest BCUT2D eigenvalue weighted by molar-refractivity contribution is -0.137. The smallest absolute Gasteiger partial charge is 0.352 e. The van der Waals surface area contributed by atoms with Gasteiger partial charge >= 0.3 is 6.18 Å². The molecule has 3 fully saturated rings. The molecule has 0 radical (unpaired) electrons. The first-order valence-electron chi connectivity index (χ1n) is 6.54. The summed E-state index contributed by atoms with van der Waals surface area (Å²) in [7, 11) is 0. The number of anilines is 1. The highest BCUT2D eigenvalue weighted by Gasteiger charge is 2.34. The highest BCUT2D eigenvalue weighted by atomic mass is 19.4. The summed E-state index contributed by atoms with van der Waals surface area (Å²) in [6, 6.07) is 2.45. The number of alkyl halides is 3. The minimum absolute atomic E-state index is 0.259. The molecule has 2 bridgehead atoms. The summed E-state index contributed by atoms with van der Waals surface area (Å²) >= 11 is 0. The Morgan fingerprint density at radius 2 is 2.11 bits per heavy atom. The van der Waals surface area contributed by atoms with Gasteiger partial charge in [-0.15, -0.1) is 0 Å². The quantitative estimate of drug-likeness (QED) is 0.849. The first kappa shape index (κ1) is 12.7. The van der Waals surface area contributed by atoms with Gasteiger partial charge in [0, 0.05) is 25.3 Å². The van der Waals surface area contributed by atoms with Gasteiger partial charge in [0.15, 0.2) is 0 Å². The van der Waals surface area contributed by atoms with E-state index < -0.39 is 11.7 Å². The van der Waals surface area contributed by atoms with Crippen LogP contribution < -0.4 is 10.2 Å². The molecule has 0 aromatic carbocycles. The van der Waals surface area contributed by atoms with Crippen molar-refractivity contribution in [3.8, 4) is 0 Å². The average Bonchev–Trinajstić information content (AvgIpc) is 2.73. The molecule has 3 aliphatic heterocycles. The summed E-state index contributed by atoms with van der Waals surface area (Å²) in [6.45, 7) is 2.58. The van der Waals surface area contributed by atoms with Crippen LogP contribution in [0.2, 0.25) is 0 Å². The molecule has 4 heterocycles. The highest BCUT2D eigenvalue weighted by molar-refractivity contribution is 5.44. The highest BCUT2D eigenvalue weighted by Crippen LogP contribution is 2.33. The van der Waals surface area contributed by atoms with Gasteiger partial charge < -0.3 is 10.2 Å². The van der Waals surface area contributed by atoms with E-state index in [-0.39, 0.29) is 6.04 Å². The van der Waals surface area contributed by atoms with Crippen LogP contribution in [-0.4, -0.2) is 30.7 Å². The van der Waals surface area contributed by atoms with Crippen molar-refractivity contribution in [2.75, 3.05) is 24.5 Å². The second-order valence-electron chi connectivity index (χ2n) is 5.31. The zero-order valence-corrected chi connectivity index (χ0v) is 10.5. The van der Waals surface area contributed by atoms with Gasteiger partial charge in [0.25, 0.3) is 0 Å². The standard InChI is InChI=1S/C13H16F3N3/c14-13(15,16)10-3-4-18-12(5-10)19-8-9-1-2-11(19)7-17-6-9/h3-5,9,11,17H,1-2,6-8H2. The number of piperidine rings is 1. The number of hydrogen-bond acceptors (Lipinski definition) is 3. The predicted molar refractivity (Wildman–Crippen MR) is 66.0 cm³/mol. The predicted octanol–water partition coefficient (Wildman–Crippen LogP) is 2.29. The van der Waals surface area contributed by atoms with E-state index in [1.165, 1.54) is 12.3 Å². The van der Waals surface area contributed by atoms with Crippen LogP contribution in [0.4, 0.5) is 19.0 Å². The molecule has 0 amide bonds. The van der Waals surface area contributed by atoms with Gasteiger partial charge in [0.1, 0.15) is 5.82 Å². The fourth-order valence-corrected chi connectivity index (χ4v) is 2.97. The third-order valence-electron chi connectivity index (χ3n) is 3.98. The van der Waals surface area contributed by atoms with Gasteiger partial charge in [0.05, 0.1) is 5.56 Å². The summed E-state index contributed by atoms with van der Waals surface area (Å²) in [6.07, 6.45) is -0.881. The summed E-state index contributed by atoms with van der Waals surface area (Å²) in [5, 5.41) is 3.36. The van der Waals surface area contributed by atoms with Crippen molar-refractivity contribution >= 4 is 5.82 Å². The van der Waals surface area contributed by atoms with E-state index in [0.29, 0.717) is 11.7 Å². The minimum atomic E-state index is -4.30. The van der Waals surface area contributed by atoms with Crippen LogP contribution in [0, 0.1) is 5.92 Å². The molecular formula is C13H16F3N3. The number of fused-ring (bicyclic) bond motifs is 4. The monoisotopic (exact) mass is 271 g/mol. The van der Waals surface area contributed by atoms with E-state index in [1.807, 2.05) is 4.90 Å². The van der Waals surface area contributed by atoms with E-state index in [2.05, 4.69) is 10.3 Å². The molecule has 0 saturated carbocycles. The lowest BCUT2D eigenvalue weighted by Gasteiger charge is -2.37. The number of aromatic nitrogens is 1. The number of pyridine rings is 1. The Morgan fingerprint density at radius 1 is 1.26 bits per heavy atom. The molecule has 3 saturated heterocycles. The molecule has 4 rings (SSSR count). The van der Waals surface area contributed by atoms with Crippen molar-refractivity contribution < 1.29 is 13.2 Å². The Hall–Kier alpha value is -1.30.